The van der Waals surface area contributed by atoms with Crippen molar-refractivity contribution in [3.05, 3.63) is 29.6 Å². The van der Waals surface area contributed by atoms with Gasteiger partial charge in [0.1, 0.15) is 5.82 Å². The minimum absolute atomic E-state index is 0.190. The lowest BCUT2D eigenvalue weighted by molar-refractivity contribution is 0.0944. The van der Waals surface area contributed by atoms with Crippen LogP contribution in [-0.4, -0.2) is 11.9 Å². The van der Waals surface area contributed by atoms with Gasteiger partial charge < -0.3 is 11.1 Å². The van der Waals surface area contributed by atoms with Crippen molar-refractivity contribution in [2.24, 2.45) is 23.7 Å². The van der Waals surface area contributed by atoms with Crippen molar-refractivity contribution in [1.82, 2.24) is 5.32 Å². The summed E-state index contributed by atoms with van der Waals surface area (Å²) in [5.41, 5.74) is 6.19. The standard InChI is InChI=1S/C15H17FN2O/c16-10-4-9(5-11(17)6-10)15(19)18-14-12-7-1-2-8(3-7)13(12)14/h4-8,12-14H,1-3,17H2,(H,18,19). The van der Waals surface area contributed by atoms with Gasteiger partial charge in [0, 0.05) is 17.3 Å². The van der Waals surface area contributed by atoms with Crippen molar-refractivity contribution >= 4 is 11.6 Å². The summed E-state index contributed by atoms with van der Waals surface area (Å²) in [6, 6.07) is 4.33. The third-order valence-corrected chi connectivity index (χ3v) is 5.22. The van der Waals surface area contributed by atoms with Gasteiger partial charge >= 0.3 is 0 Å². The predicted octanol–water partition coefficient (Wildman–Crippen LogP) is 2.18. The molecular weight excluding hydrogens is 243 g/mol. The maximum absolute atomic E-state index is 13.2. The summed E-state index contributed by atoms with van der Waals surface area (Å²) in [6.07, 6.45) is 4.00. The molecule has 0 radical (unpaired) electrons. The van der Waals surface area contributed by atoms with E-state index in [4.69, 9.17) is 5.73 Å². The first-order chi connectivity index (χ1) is 9.13. The summed E-state index contributed by atoms with van der Waals surface area (Å²) in [7, 11) is 0. The highest BCUT2D eigenvalue weighted by Gasteiger charge is 2.65. The topological polar surface area (TPSA) is 55.1 Å². The molecule has 3 N–H and O–H groups in total. The summed E-state index contributed by atoms with van der Waals surface area (Å²) in [4.78, 5) is 12.1. The Morgan fingerprint density at radius 2 is 1.89 bits per heavy atom. The second kappa shape index (κ2) is 3.71. The van der Waals surface area contributed by atoms with Gasteiger partial charge in [0.05, 0.1) is 0 Å². The third-order valence-electron chi connectivity index (χ3n) is 5.22. The Hall–Kier alpha value is -1.58. The molecule has 2 bridgehead atoms. The Bertz CT molecular complexity index is 523. The van der Waals surface area contributed by atoms with E-state index in [0.29, 0.717) is 29.1 Å². The van der Waals surface area contributed by atoms with Gasteiger partial charge in [-0.1, -0.05) is 0 Å². The molecule has 3 fully saturated rings. The number of hydrogen-bond acceptors (Lipinski definition) is 2. The number of rotatable bonds is 2. The third kappa shape index (κ3) is 1.66. The Morgan fingerprint density at radius 3 is 2.53 bits per heavy atom. The van der Waals surface area contributed by atoms with Gasteiger partial charge in [-0.25, -0.2) is 4.39 Å². The summed E-state index contributed by atoms with van der Waals surface area (Å²) in [5, 5.41) is 3.07. The number of halogens is 1. The maximum atomic E-state index is 13.2. The summed E-state index contributed by atoms with van der Waals surface area (Å²) in [6.45, 7) is 0. The highest BCUT2D eigenvalue weighted by atomic mass is 19.1. The summed E-state index contributed by atoms with van der Waals surface area (Å²) < 4.78 is 13.2. The van der Waals surface area contributed by atoms with Crippen LogP contribution in [0.3, 0.4) is 0 Å². The molecule has 3 nitrogen and oxygen atoms in total. The van der Waals surface area contributed by atoms with E-state index >= 15 is 0 Å². The second-order valence-electron chi connectivity index (χ2n) is 6.26. The zero-order valence-electron chi connectivity index (χ0n) is 10.6. The monoisotopic (exact) mass is 260 g/mol. The van der Waals surface area contributed by atoms with Crippen LogP contribution in [0.15, 0.2) is 18.2 Å². The minimum atomic E-state index is -0.457. The van der Waals surface area contributed by atoms with E-state index in [2.05, 4.69) is 5.32 Å². The van der Waals surface area contributed by atoms with Crippen LogP contribution in [0.1, 0.15) is 29.6 Å². The molecule has 1 amide bonds. The molecule has 4 heteroatoms. The van der Waals surface area contributed by atoms with Gasteiger partial charge in [-0.2, -0.15) is 0 Å². The average molecular weight is 260 g/mol. The first-order valence-electron chi connectivity index (χ1n) is 7.00. The molecule has 100 valence electrons. The fraction of sp³-hybridized carbons (Fsp3) is 0.533. The zero-order chi connectivity index (χ0) is 13.1. The number of nitrogen functional groups attached to an aromatic ring is 1. The lowest BCUT2D eigenvalue weighted by Gasteiger charge is -2.11. The second-order valence-corrected chi connectivity index (χ2v) is 6.26. The fourth-order valence-corrected chi connectivity index (χ4v) is 4.50. The van der Waals surface area contributed by atoms with Gasteiger partial charge in [-0.15, -0.1) is 0 Å². The molecule has 3 aliphatic rings. The number of carbonyl (C=O) groups is 1. The SMILES string of the molecule is Nc1cc(F)cc(C(=O)NC2C3C4CCC(C4)C23)c1. The fourth-order valence-electron chi connectivity index (χ4n) is 4.50. The Morgan fingerprint density at radius 1 is 1.21 bits per heavy atom. The smallest absolute Gasteiger partial charge is 0.251 e. The lowest BCUT2D eigenvalue weighted by Crippen LogP contribution is -2.30. The van der Waals surface area contributed by atoms with Crippen molar-refractivity contribution in [3.8, 4) is 0 Å². The number of benzene rings is 1. The molecule has 1 aromatic rings. The lowest BCUT2D eigenvalue weighted by atomic mass is 10.0. The molecule has 0 spiro atoms. The maximum Gasteiger partial charge on any atom is 0.251 e. The molecule has 4 rings (SSSR count). The van der Waals surface area contributed by atoms with E-state index in [1.807, 2.05) is 0 Å². The average Bonchev–Trinajstić information content (AvgIpc) is 2.76. The number of anilines is 1. The number of carbonyl (C=O) groups excluding carboxylic acids is 1. The van der Waals surface area contributed by atoms with E-state index in [1.165, 1.54) is 37.5 Å². The van der Waals surface area contributed by atoms with Crippen molar-refractivity contribution < 1.29 is 9.18 Å². The van der Waals surface area contributed by atoms with Crippen LogP contribution in [0.4, 0.5) is 10.1 Å². The summed E-state index contributed by atoms with van der Waals surface area (Å²) >= 11 is 0. The van der Waals surface area contributed by atoms with E-state index in [0.717, 1.165) is 11.8 Å². The van der Waals surface area contributed by atoms with Gasteiger partial charge in [-0.05, 0) is 61.1 Å². The van der Waals surface area contributed by atoms with E-state index in [-0.39, 0.29) is 5.91 Å². The van der Waals surface area contributed by atoms with Gasteiger partial charge in [-0.3, -0.25) is 4.79 Å². The van der Waals surface area contributed by atoms with Crippen LogP contribution in [-0.2, 0) is 0 Å². The number of amides is 1. The molecule has 4 atom stereocenters. The van der Waals surface area contributed by atoms with E-state index < -0.39 is 5.82 Å². The molecule has 4 unspecified atom stereocenters. The van der Waals surface area contributed by atoms with Gasteiger partial charge in [0.2, 0.25) is 0 Å². The van der Waals surface area contributed by atoms with Gasteiger partial charge in [0.25, 0.3) is 5.91 Å². The molecule has 0 saturated heterocycles. The molecule has 0 aliphatic heterocycles. The van der Waals surface area contributed by atoms with Crippen LogP contribution < -0.4 is 11.1 Å². The van der Waals surface area contributed by atoms with Crippen LogP contribution in [0, 0.1) is 29.5 Å². The predicted molar refractivity (Wildman–Crippen MR) is 69.9 cm³/mol. The van der Waals surface area contributed by atoms with Gasteiger partial charge in [0.15, 0.2) is 0 Å². The van der Waals surface area contributed by atoms with Crippen molar-refractivity contribution in [1.29, 1.82) is 0 Å². The number of nitrogens with two attached hydrogens (primary N) is 1. The Kier molecular flexibility index (Phi) is 2.20. The van der Waals surface area contributed by atoms with E-state index in [1.54, 1.807) is 0 Å². The number of hydrogen-bond donors (Lipinski definition) is 2. The zero-order valence-corrected chi connectivity index (χ0v) is 10.6. The Balaban J connectivity index is 1.48. The van der Waals surface area contributed by atoms with Crippen LogP contribution in [0.5, 0.6) is 0 Å². The largest absolute Gasteiger partial charge is 0.399 e. The molecule has 3 saturated carbocycles. The van der Waals surface area contributed by atoms with Crippen LogP contribution >= 0.6 is 0 Å². The quantitative estimate of drug-likeness (QED) is 0.801. The molecule has 0 aromatic heterocycles. The normalized spacial score (nSPS) is 38.1. The highest BCUT2D eigenvalue weighted by Crippen LogP contribution is 2.65. The molecule has 1 aromatic carbocycles. The summed E-state index contributed by atoms with van der Waals surface area (Å²) in [5.74, 6) is 2.36. The van der Waals surface area contributed by atoms with Crippen molar-refractivity contribution in [3.63, 3.8) is 0 Å². The molecule has 19 heavy (non-hydrogen) atoms. The number of nitrogens with one attached hydrogen (secondary N) is 1. The molecule has 3 aliphatic carbocycles. The van der Waals surface area contributed by atoms with E-state index in [9.17, 15) is 9.18 Å². The molecule has 0 heterocycles. The highest BCUT2D eigenvalue weighted by molar-refractivity contribution is 5.95. The van der Waals surface area contributed by atoms with Crippen molar-refractivity contribution in [2.45, 2.75) is 25.3 Å². The minimum Gasteiger partial charge on any atom is -0.399 e. The first-order valence-corrected chi connectivity index (χ1v) is 7.00. The van der Waals surface area contributed by atoms with Crippen LogP contribution in [0.25, 0.3) is 0 Å². The van der Waals surface area contributed by atoms with Crippen molar-refractivity contribution in [2.75, 3.05) is 5.73 Å². The molecular formula is C15H17FN2O. The first kappa shape index (κ1) is 11.3. The Labute approximate surface area is 111 Å². The van der Waals surface area contributed by atoms with Crippen LogP contribution in [0.2, 0.25) is 0 Å². The number of fused-ring (bicyclic) bond motifs is 5.